The predicted molar refractivity (Wildman–Crippen MR) is 73.7 cm³/mol. The Morgan fingerprint density at radius 1 is 1.17 bits per heavy atom. The maximum atomic E-state index is 10.9. The molecule has 1 amide bonds. The first-order valence-electron chi connectivity index (χ1n) is 6.62. The highest BCUT2D eigenvalue weighted by Crippen LogP contribution is 2.10. The number of carbonyl (C=O) groups is 1. The van der Waals surface area contributed by atoms with Crippen LogP contribution in [-0.2, 0) is 0 Å². The van der Waals surface area contributed by atoms with Crippen molar-refractivity contribution >= 4 is 11.6 Å². The minimum atomic E-state index is -0.380. The first-order chi connectivity index (χ1) is 8.75. The number of piperidine rings is 1. The number of hydrogen-bond acceptors (Lipinski definition) is 3. The number of benzene rings is 1. The summed E-state index contributed by atoms with van der Waals surface area (Å²) < 4.78 is 0. The molecule has 0 atom stereocenters. The highest BCUT2D eigenvalue weighted by atomic mass is 16.1. The van der Waals surface area contributed by atoms with Crippen LogP contribution in [0.15, 0.2) is 24.3 Å². The Morgan fingerprint density at radius 3 is 2.44 bits per heavy atom. The fraction of sp³-hybridized carbons (Fsp3) is 0.500. The van der Waals surface area contributed by atoms with Crippen molar-refractivity contribution in [3.8, 4) is 0 Å². The van der Waals surface area contributed by atoms with E-state index in [-0.39, 0.29) is 5.91 Å². The van der Waals surface area contributed by atoms with E-state index in [1.807, 2.05) is 12.1 Å². The van der Waals surface area contributed by atoms with Crippen molar-refractivity contribution < 1.29 is 4.79 Å². The predicted octanol–water partition coefficient (Wildman–Crippen LogP) is 1.68. The van der Waals surface area contributed by atoms with Gasteiger partial charge in [0.15, 0.2) is 0 Å². The Balaban J connectivity index is 1.74. The van der Waals surface area contributed by atoms with E-state index < -0.39 is 0 Å². The lowest BCUT2D eigenvalue weighted by Gasteiger charge is -2.26. The van der Waals surface area contributed by atoms with Crippen molar-refractivity contribution in [3.05, 3.63) is 29.8 Å². The second kappa shape index (κ2) is 6.40. The molecule has 4 heteroatoms. The minimum Gasteiger partial charge on any atom is -0.384 e. The summed E-state index contributed by atoms with van der Waals surface area (Å²) in [4.78, 5) is 13.4. The number of rotatable bonds is 5. The number of hydrogen-bond donors (Lipinski definition) is 2. The smallest absolute Gasteiger partial charge is 0.248 e. The van der Waals surface area contributed by atoms with Gasteiger partial charge >= 0.3 is 0 Å². The van der Waals surface area contributed by atoms with Gasteiger partial charge in [0.25, 0.3) is 0 Å². The molecule has 1 saturated heterocycles. The van der Waals surface area contributed by atoms with Crippen LogP contribution in [0.25, 0.3) is 0 Å². The summed E-state index contributed by atoms with van der Waals surface area (Å²) in [5.41, 5.74) is 6.79. The van der Waals surface area contributed by atoms with E-state index in [4.69, 9.17) is 5.73 Å². The van der Waals surface area contributed by atoms with Crippen molar-refractivity contribution in [2.45, 2.75) is 19.3 Å². The van der Waals surface area contributed by atoms with Crippen LogP contribution >= 0.6 is 0 Å². The van der Waals surface area contributed by atoms with Gasteiger partial charge in [0, 0.05) is 24.3 Å². The Hall–Kier alpha value is -1.55. The third-order valence-electron chi connectivity index (χ3n) is 3.38. The lowest BCUT2D eigenvalue weighted by Crippen LogP contribution is -2.33. The molecule has 4 nitrogen and oxygen atoms in total. The molecule has 98 valence electrons. The molecule has 1 fully saturated rings. The summed E-state index contributed by atoms with van der Waals surface area (Å²) in [5.74, 6) is -0.380. The van der Waals surface area contributed by atoms with Crippen molar-refractivity contribution in [3.63, 3.8) is 0 Å². The molecule has 0 aromatic heterocycles. The zero-order valence-electron chi connectivity index (χ0n) is 10.7. The maximum Gasteiger partial charge on any atom is 0.248 e. The van der Waals surface area contributed by atoms with Crippen molar-refractivity contribution in [2.75, 3.05) is 31.5 Å². The van der Waals surface area contributed by atoms with Crippen LogP contribution < -0.4 is 11.1 Å². The van der Waals surface area contributed by atoms with E-state index in [1.165, 1.54) is 32.4 Å². The van der Waals surface area contributed by atoms with Crippen LogP contribution in [0.2, 0.25) is 0 Å². The minimum absolute atomic E-state index is 0.380. The third-order valence-corrected chi connectivity index (χ3v) is 3.38. The fourth-order valence-corrected chi connectivity index (χ4v) is 2.29. The number of likely N-dealkylation sites (tertiary alicyclic amines) is 1. The van der Waals surface area contributed by atoms with Gasteiger partial charge in [-0.25, -0.2) is 0 Å². The number of nitrogens with one attached hydrogen (secondary N) is 1. The molecular weight excluding hydrogens is 226 g/mol. The average molecular weight is 247 g/mol. The van der Waals surface area contributed by atoms with Gasteiger partial charge in [-0.3, -0.25) is 4.79 Å². The van der Waals surface area contributed by atoms with Gasteiger partial charge in [0.1, 0.15) is 0 Å². The molecule has 1 heterocycles. The van der Waals surface area contributed by atoms with E-state index >= 15 is 0 Å². The number of primary amides is 1. The zero-order valence-corrected chi connectivity index (χ0v) is 10.7. The van der Waals surface area contributed by atoms with Gasteiger partial charge in [-0.1, -0.05) is 6.42 Å². The molecule has 1 aromatic rings. The Labute approximate surface area is 108 Å². The lowest BCUT2D eigenvalue weighted by atomic mass is 10.1. The van der Waals surface area contributed by atoms with E-state index in [9.17, 15) is 4.79 Å². The Kier molecular flexibility index (Phi) is 4.59. The number of anilines is 1. The molecule has 18 heavy (non-hydrogen) atoms. The number of carbonyl (C=O) groups excluding carboxylic acids is 1. The molecule has 0 bridgehead atoms. The van der Waals surface area contributed by atoms with Gasteiger partial charge in [-0.05, 0) is 50.2 Å². The Bertz CT molecular complexity index is 383. The molecule has 2 rings (SSSR count). The second-order valence-electron chi connectivity index (χ2n) is 4.77. The van der Waals surface area contributed by atoms with Crippen LogP contribution in [0.4, 0.5) is 5.69 Å². The largest absolute Gasteiger partial charge is 0.384 e. The Morgan fingerprint density at radius 2 is 1.83 bits per heavy atom. The fourth-order valence-electron chi connectivity index (χ4n) is 2.29. The molecule has 3 N–H and O–H groups in total. The van der Waals surface area contributed by atoms with Crippen LogP contribution in [0.3, 0.4) is 0 Å². The van der Waals surface area contributed by atoms with Crippen LogP contribution in [0.1, 0.15) is 29.6 Å². The van der Waals surface area contributed by atoms with E-state index in [1.54, 1.807) is 12.1 Å². The van der Waals surface area contributed by atoms with Gasteiger partial charge < -0.3 is 16.0 Å². The highest BCUT2D eigenvalue weighted by Gasteiger charge is 2.08. The SMILES string of the molecule is NC(=O)c1ccc(NCCN2CCCCC2)cc1. The molecule has 0 spiro atoms. The monoisotopic (exact) mass is 247 g/mol. The van der Waals surface area contributed by atoms with Gasteiger partial charge in [-0.2, -0.15) is 0 Å². The number of amides is 1. The average Bonchev–Trinajstić information content (AvgIpc) is 2.40. The van der Waals surface area contributed by atoms with Crippen LogP contribution in [-0.4, -0.2) is 37.0 Å². The molecule has 0 saturated carbocycles. The maximum absolute atomic E-state index is 10.9. The van der Waals surface area contributed by atoms with E-state index in [0.717, 1.165) is 18.8 Å². The van der Waals surface area contributed by atoms with E-state index in [0.29, 0.717) is 5.56 Å². The molecule has 1 aliphatic heterocycles. The van der Waals surface area contributed by atoms with Gasteiger partial charge in [0.2, 0.25) is 5.91 Å². The summed E-state index contributed by atoms with van der Waals surface area (Å²) >= 11 is 0. The lowest BCUT2D eigenvalue weighted by molar-refractivity contribution is 0.100. The van der Waals surface area contributed by atoms with Gasteiger partial charge in [-0.15, -0.1) is 0 Å². The topological polar surface area (TPSA) is 58.4 Å². The summed E-state index contributed by atoms with van der Waals surface area (Å²) in [6, 6.07) is 7.31. The quantitative estimate of drug-likeness (QED) is 0.832. The molecule has 0 unspecified atom stereocenters. The second-order valence-corrected chi connectivity index (χ2v) is 4.77. The first kappa shape index (κ1) is 12.9. The van der Waals surface area contributed by atoms with Crippen LogP contribution in [0, 0.1) is 0 Å². The van der Waals surface area contributed by atoms with Crippen molar-refractivity contribution in [1.82, 2.24) is 4.90 Å². The van der Waals surface area contributed by atoms with Crippen molar-refractivity contribution in [2.24, 2.45) is 5.73 Å². The summed E-state index contributed by atoms with van der Waals surface area (Å²) in [6.07, 6.45) is 4.03. The summed E-state index contributed by atoms with van der Waals surface area (Å²) in [6.45, 7) is 4.47. The van der Waals surface area contributed by atoms with Crippen LogP contribution in [0.5, 0.6) is 0 Å². The number of nitrogens with two attached hydrogens (primary N) is 1. The molecule has 1 aromatic carbocycles. The van der Waals surface area contributed by atoms with E-state index in [2.05, 4.69) is 10.2 Å². The highest BCUT2D eigenvalue weighted by molar-refractivity contribution is 5.93. The zero-order chi connectivity index (χ0) is 12.8. The van der Waals surface area contributed by atoms with Gasteiger partial charge in [0.05, 0.1) is 0 Å². The molecule has 0 aliphatic carbocycles. The molecular formula is C14H21N3O. The van der Waals surface area contributed by atoms with Crippen molar-refractivity contribution in [1.29, 1.82) is 0 Å². The normalized spacial score (nSPS) is 16.4. The first-order valence-corrected chi connectivity index (χ1v) is 6.62. The summed E-state index contributed by atoms with van der Waals surface area (Å²) in [5, 5.41) is 3.36. The summed E-state index contributed by atoms with van der Waals surface area (Å²) in [7, 11) is 0. The number of nitrogens with zero attached hydrogens (tertiary/aromatic N) is 1. The third kappa shape index (κ3) is 3.74. The standard InChI is InChI=1S/C14H21N3O/c15-14(18)12-4-6-13(7-5-12)16-8-11-17-9-2-1-3-10-17/h4-7,16H,1-3,8-11H2,(H2,15,18). The molecule has 0 radical (unpaired) electrons. The molecule has 1 aliphatic rings.